The number of hydrogen-bond donors (Lipinski definition) is 0. The lowest BCUT2D eigenvalue weighted by atomic mass is 9.70. The zero-order valence-corrected chi connectivity index (χ0v) is 8.51. The molecule has 2 fully saturated rings. The average molecular weight is 182 g/mol. The van der Waals surface area contributed by atoms with Crippen LogP contribution in [0.5, 0.6) is 0 Å². The maximum Gasteiger partial charge on any atom is 0.312 e. The van der Waals surface area contributed by atoms with Gasteiger partial charge in [0.05, 0.1) is 5.41 Å². The van der Waals surface area contributed by atoms with Crippen molar-refractivity contribution in [3.8, 4) is 0 Å². The van der Waals surface area contributed by atoms with Crippen molar-refractivity contribution in [2.45, 2.75) is 52.1 Å². The first-order valence-corrected chi connectivity index (χ1v) is 5.31. The molecule has 0 N–H and O–H groups in total. The van der Waals surface area contributed by atoms with Gasteiger partial charge in [0.1, 0.15) is 6.10 Å². The van der Waals surface area contributed by atoms with Gasteiger partial charge < -0.3 is 4.74 Å². The SMILES string of the molecule is CC1CC(OC(=O)C2(C)CCC2)C1. The van der Waals surface area contributed by atoms with E-state index < -0.39 is 0 Å². The number of ether oxygens (including phenoxy) is 1. The molecule has 0 aromatic carbocycles. The van der Waals surface area contributed by atoms with Crippen molar-refractivity contribution in [1.82, 2.24) is 0 Å². The number of hydrogen-bond acceptors (Lipinski definition) is 2. The highest BCUT2D eigenvalue weighted by molar-refractivity contribution is 5.77. The summed E-state index contributed by atoms with van der Waals surface area (Å²) in [6.07, 6.45) is 5.61. The Morgan fingerprint density at radius 3 is 2.38 bits per heavy atom. The second-order valence-corrected chi connectivity index (χ2v) is 5.02. The molecular weight excluding hydrogens is 164 g/mol. The highest BCUT2D eigenvalue weighted by Crippen LogP contribution is 2.42. The van der Waals surface area contributed by atoms with Crippen molar-refractivity contribution in [3.63, 3.8) is 0 Å². The first-order chi connectivity index (χ1) is 6.10. The minimum atomic E-state index is -0.126. The molecule has 0 bridgehead atoms. The van der Waals surface area contributed by atoms with E-state index in [0.29, 0.717) is 0 Å². The van der Waals surface area contributed by atoms with Gasteiger partial charge in [-0.05, 0) is 38.5 Å². The standard InChI is InChI=1S/C11H18O2/c1-8-6-9(7-8)13-10(12)11(2)4-3-5-11/h8-9H,3-7H2,1-2H3. The van der Waals surface area contributed by atoms with Crippen LogP contribution < -0.4 is 0 Å². The topological polar surface area (TPSA) is 26.3 Å². The second kappa shape index (κ2) is 3.00. The molecule has 2 rings (SSSR count). The second-order valence-electron chi connectivity index (χ2n) is 5.02. The highest BCUT2D eigenvalue weighted by atomic mass is 16.5. The van der Waals surface area contributed by atoms with Gasteiger partial charge in [-0.1, -0.05) is 13.3 Å². The molecule has 0 radical (unpaired) electrons. The molecule has 13 heavy (non-hydrogen) atoms. The van der Waals surface area contributed by atoms with Gasteiger partial charge in [-0.15, -0.1) is 0 Å². The zero-order valence-electron chi connectivity index (χ0n) is 8.51. The van der Waals surface area contributed by atoms with Crippen molar-refractivity contribution in [1.29, 1.82) is 0 Å². The molecule has 2 nitrogen and oxygen atoms in total. The summed E-state index contributed by atoms with van der Waals surface area (Å²) < 4.78 is 5.42. The summed E-state index contributed by atoms with van der Waals surface area (Å²) in [4.78, 5) is 11.6. The summed E-state index contributed by atoms with van der Waals surface area (Å²) in [5, 5.41) is 0. The average Bonchev–Trinajstić information content (AvgIpc) is 1.97. The summed E-state index contributed by atoms with van der Waals surface area (Å²) in [5.74, 6) is 0.808. The Labute approximate surface area is 79.7 Å². The normalized spacial score (nSPS) is 35.8. The minimum absolute atomic E-state index is 0.0515. The van der Waals surface area contributed by atoms with Crippen LogP contribution in [0, 0.1) is 11.3 Å². The monoisotopic (exact) mass is 182 g/mol. The van der Waals surface area contributed by atoms with E-state index in [1.54, 1.807) is 0 Å². The van der Waals surface area contributed by atoms with Gasteiger partial charge >= 0.3 is 5.97 Å². The Hall–Kier alpha value is -0.530. The lowest BCUT2D eigenvalue weighted by molar-refractivity contribution is -0.171. The molecule has 0 saturated heterocycles. The fraction of sp³-hybridized carbons (Fsp3) is 0.909. The van der Waals surface area contributed by atoms with E-state index in [-0.39, 0.29) is 17.5 Å². The first-order valence-electron chi connectivity index (χ1n) is 5.31. The fourth-order valence-corrected chi connectivity index (χ4v) is 2.13. The molecule has 0 spiro atoms. The van der Waals surface area contributed by atoms with Crippen LogP contribution in [0.4, 0.5) is 0 Å². The Morgan fingerprint density at radius 2 is 2.00 bits per heavy atom. The molecule has 0 aromatic rings. The van der Waals surface area contributed by atoms with Crippen LogP contribution in [-0.2, 0) is 9.53 Å². The predicted octanol–water partition coefficient (Wildman–Crippen LogP) is 2.52. The van der Waals surface area contributed by atoms with Gasteiger partial charge in [0, 0.05) is 0 Å². The van der Waals surface area contributed by atoms with Gasteiger partial charge in [-0.3, -0.25) is 4.79 Å². The van der Waals surface area contributed by atoms with Gasteiger partial charge in [-0.25, -0.2) is 0 Å². The van der Waals surface area contributed by atoms with Gasteiger partial charge in [0.2, 0.25) is 0 Å². The molecule has 0 aromatic heterocycles. The van der Waals surface area contributed by atoms with Crippen LogP contribution in [-0.4, -0.2) is 12.1 Å². The molecule has 74 valence electrons. The van der Waals surface area contributed by atoms with Crippen LogP contribution in [0.15, 0.2) is 0 Å². The minimum Gasteiger partial charge on any atom is -0.462 e. The highest BCUT2D eigenvalue weighted by Gasteiger charge is 2.42. The van der Waals surface area contributed by atoms with Crippen molar-refractivity contribution >= 4 is 5.97 Å². The summed E-state index contributed by atoms with van der Waals surface area (Å²) in [7, 11) is 0. The van der Waals surface area contributed by atoms with Crippen LogP contribution in [0.2, 0.25) is 0 Å². The predicted molar refractivity (Wildman–Crippen MR) is 50.2 cm³/mol. The summed E-state index contributed by atoms with van der Waals surface area (Å²) in [6.45, 7) is 4.23. The Morgan fingerprint density at radius 1 is 1.38 bits per heavy atom. The van der Waals surface area contributed by atoms with Gasteiger partial charge in [0.15, 0.2) is 0 Å². The lowest BCUT2D eigenvalue weighted by Crippen LogP contribution is -2.41. The van der Waals surface area contributed by atoms with Crippen molar-refractivity contribution < 1.29 is 9.53 Å². The molecule has 2 aliphatic rings. The third-order valence-electron chi connectivity index (χ3n) is 3.55. The van der Waals surface area contributed by atoms with E-state index in [9.17, 15) is 4.79 Å². The smallest absolute Gasteiger partial charge is 0.312 e. The first kappa shape index (κ1) is 9.04. The van der Waals surface area contributed by atoms with Crippen molar-refractivity contribution in [3.05, 3.63) is 0 Å². The van der Waals surface area contributed by atoms with Gasteiger partial charge in [0.25, 0.3) is 0 Å². The number of carbonyl (C=O) groups excluding carboxylic acids is 1. The third kappa shape index (κ3) is 1.59. The van der Waals surface area contributed by atoms with Crippen LogP contribution >= 0.6 is 0 Å². The largest absolute Gasteiger partial charge is 0.462 e. The Balaban J connectivity index is 1.78. The maximum atomic E-state index is 11.6. The van der Waals surface area contributed by atoms with Gasteiger partial charge in [-0.2, -0.15) is 0 Å². The molecule has 0 atom stereocenters. The summed E-state index contributed by atoms with van der Waals surface area (Å²) in [6, 6.07) is 0. The molecule has 2 heteroatoms. The summed E-state index contributed by atoms with van der Waals surface area (Å²) in [5.41, 5.74) is -0.126. The van der Waals surface area contributed by atoms with E-state index in [1.807, 2.05) is 6.92 Å². The zero-order chi connectivity index (χ0) is 9.47. The third-order valence-corrected chi connectivity index (χ3v) is 3.55. The van der Waals surface area contributed by atoms with Crippen LogP contribution in [0.1, 0.15) is 46.0 Å². The van der Waals surface area contributed by atoms with Crippen molar-refractivity contribution in [2.24, 2.45) is 11.3 Å². The maximum absolute atomic E-state index is 11.6. The molecule has 2 aliphatic carbocycles. The molecule has 0 unspecified atom stereocenters. The fourth-order valence-electron chi connectivity index (χ4n) is 2.13. The molecular formula is C11H18O2. The van der Waals surface area contributed by atoms with Crippen molar-refractivity contribution in [2.75, 3.05) is 0 Å². The number of esters is 1. The molecule has 2 saturated carbocycles. The summed E-state index contributed by atoms with van der Waals surface area (Å²) >= 11 is 0. The molecule has 0 aliphatic heterocycles. The van der Waals surface area contributed by atoms with E-state index in [1.165, 1.54) is 6.42 Å². The Bertz CT molecular complexity index is 212. The Kier molecular flexibility index (Phi) is 2.09. The molecule has 0 heterocycles. The van der Waals surface area contributed by atoms with E-state index in [4.69, 9.17) is 4.74 Å². The van der Waals surface area contributed by atoms with E-state index in [0.717, 1.165) is 31.6 Å². The van der Waals surface area contributed by atoms with Crippen LogP contribution in [0.25, 0.3) is 0 Å². The quantitative estimate of drug-likeness (QED) is 0.613. The van der Waals surface area contributed by atoms with Crippen LogP contribution in [0.3, 0.4) is 0 Å². The number of carbonyl (C=O) groups is 1. The lowest BCUT2D eigenvalue weighted by Gasteiger charge is -2.39. The van der Waals surface area contributed by atoms with E-state index >= 15 is 0 Å². The van der Waals surface area contributed by atoms with E-state index in [2.05, 4.69) is 6.92 Å². The molecule has 0 amide bonds. The number of rotatable bonds is 2.